The zero-order valence-corrected chi connectivity index (χ0v) is 15.3. The summed E-state index contributed by atoms with van der Waals surface area (Å²) in [4.78, 5) is 30.1. The third-order valence-corrected chi connectivity index (χ3v) is 4.65. The Morgan fingerprint density at radius 1 is 1.27 bits per heavy atom. The number of aromatic nitrogens is 1. The summed E-state index contributed by atoms with van der Waals surface area (Å²) in [6.45, 7) is -1.34. The lowest BCUT2D eigenvalue weighted by atomic mass is 10.0. The second-order valence-corrected chi connectivity index (χ2v) is 6.79. The monoisotopic (exact) mass is 422 g/mol. The zero-order valence-electron chi connectivity index (χ0n) is 15.3. The Morgan fingerprint density at radius 3 is 2.83 bits per heavy atom. The summed E-state index contributed by atoms with van der Waals surface area (Å²) in [5.41, 5.74) is 0.792. The first-order valence-electron chi connectivity index (χ1n) is 8.89. The number of alkyl halides is 3. The Labute approximate surface area is 167 Å². The van der Waals surface area contributed by atoms with E-state index in [1.807, 2.05) is 0 Å². The third kappa shape index (κ3) is 3.98. The van der Waals surface area contributed by atoms with Crippen LogP contribution in [0, 0.1) is 5.82 Å². The van der Waals surface area contributed by atoms with Gasteiger partial charge in [0.15, 0.2) is 6.61 Å². The van der Waals surface area contributed by atoms with Gasteiger partial charge >= 0.3 is 12.1 Å². The maximum absolute atomic E-state index is 13.9. The number of benzene rings is 1. The summed E-state index contributed by atoms with van der Waals surface area (Å²) in [6, 6.07) is 5.04. The van der Waals surface area contributed by atoms with Gasteiger partial charge in [0.05, 0.1) is 12.1 Å². The van der Waals surface area contributed by atoms with Crippen LogP contribution in [-0.4, -0.2) is 41.1 Å². The Morgan fingerprint density at radius 2 is 2.07 bits per heavy atom. The smallest absolute Gasteiger partial charge is 0.422 e. The van der Waals surface area contributed by atoms with E-state index in [9.17, 15) is 27.2 Å². The van der Waals surface area contributed by atoms with Gasteiger partial charge < -0.3 is 14.1 Å². The molecule has 6 nitrogen and oxygen atoms in total. The minimum absolute atomic E-state index is 0.0422. The molecule has 0 saturated heterocycles. The predicted molar refractivity (Wildman–Crippen MR) is 95.2 cm³/mol. The molecular weight excluding hydrogens is 408 g/mol. The molecule has 0 aliphatic carbocycles. The van der Waals surface area contributed by atoms with Crippen LogP contribution in [0.2, 0.25) is 0 Å². The van der Waals surface area contributed by atoms with Crippen LogP contribution in [0.15, 0.2) is 41.1 Å². The molecule has 3 aromatic rings. The number of hydrogen-bond acceptors (Lipinski definition) is 5. The topological polar surface area (TPSA) is 72.6 Å². The molecule has 1 aliphatic heterocycles. The first-order valence-corrected chi connectivity index (χ1v) is 8.89. The highest BCUT2D eigenvalue weighted by molar-refractivity contribution is 6.02. The maximum atomic E-state index is 13.9. The van der Waals surface area contributed by atoms with Crippen LogP contribution >= 0.6 is 0 Å². The number of carbonyl (C=O) groups excluding carboxylic acids is 2. The standard InChI is InChI=1S/C20H14F4N2O4/c21-13-5-12-6-14(9-26-4-2-11-1-3-25-8-16(11)18(26)27)30-17(12)15(7-13)19(28)29-10-20(22,23)24/h1,3,5-8H,2,4,9-10H2. The zero-order chi connectivity index (χ0) is 21.5. The highest BCUT2D eigenvalue weighted by Crippen LogP contribution is 2.28. The van der Waals surface area contributed by atoms with Crippen molar-refractivity contribution in [2.45, 2.75) is 19.1 Å². The third-order valence-electron chi connectivity index (χ3n) is 4.65. The van der Waals surface area contributed by atoms with E-state index < -0.39 is 30.1 Å². The largest absolute Gasteiger partial charge is 0.458 e. The first-order chi connectivity index (χ1) is 14.2. The quantitative estimate of drug-likeness (QED) is 0.471. The van der Waals surface area contributed by atoms with E-state index in [1.165, 1.54) is 17.2 Å². The van der Waals surface area contributed by atoms with Gasteiger partial charge in [-0.25, -0.2) is 9.18 Å². The molecule has 10 heteroatoms. The maximum Gasteiger partial charge on any atom is 0.422 e. The van der Waals surface area contributed by atoms with Crippen LogP contribution < -0.4 is 0 Å². The fraction of sp³-hybridized carbons (Fsp3) is 0.250. The lowest BCUT2D eigenvalue weighted by Gasteiger charge is -2.27. The summed E-state index contributed by atoms with van der Waals surface area (Å²) in [5, 5.41) is 0.176. The number of pyridine rings is 1. The van der Waals surface area contributed by atoms with Crippen molar-refractivity contribution in [2.24, 2.45) is 0 Å². The molecule has 0 bridgehead atoms. The van der Waals surface area contributed by atoms with Crippen molar-refractivity contribution in [3.63, 3.8) is 0 Å². The van der Waals surface area contributed by atoms with Gasteiger partial charge in [0.1, 0.15) is 22.7 Å². The molecule has 0 N–H and O–H groups in total. The van der Waals surface area contributed by atoms with Gasteiger partial charge in [-0.05, 0) is 36.2 Å². The van der Waals surface area contributed by atoms with Crippen molar-refractivity contribution >= 4 is 22.8 Å². The molecule has 1 amide bonds. The molecule has 1 aliphatic rings. The normalized spacial score (nSPS) is 14.1. The number of fused-ring (bicyclic) bond motifs is 2. The molecule has 3 heterocycles. The van der Waals surface area contributed by atoms with Crippen LogP contribution in [0.1, 0.15) is 32.0 Å². The molecule has 2 aromatic heterocycles. The van der Waals surface area contributed by atoms with Crippen LogP contribution in [-0.2, 0) is 17.7 Å². The highest BCUT2D eigenvalue weighted by Gasteiger charge is 2.31. The first kappa shape index (κ1) is 19.9. The number of amides is 1. The van der Waals surface area contributed by atoms with Crippen LogP contribution in [0.3, 0.4) is 0 Å². The SMILES string of the molecule is O=C(OCC(F)(F)F)c1cc(F)cc2cc(CN3CCc4ccncc4C3=O)oc12. The lowest BCUT2D eigenvalue weighted by Crippen LogP contribution is -2.37. The van der Waals surface area contributed by atoms with Gasteiger partial charge in [0.25, 0.3) is 5.91 Å². The lowest BCUT2D eigenvalue weighted by molar-refractivity contribution is -0.161. The number of furan rings is 1. The van der Waals surface area contributed by atoms with E-state index in [2.05, 4.69) is 9.72 Å². The molecule has 4 rings (SSSR count). The average Bonchev–Trinajstić information content (AvgIpc) is 3.09. The molecule has 0 radical (unpaired) electrons. The van der Waals surface area contributed by atoms with Crippen LogP contribution in [0.5, 0.6) is 0 Å². The average molecular weight is 422 g/mol. The highest BCUT2D eigenvalue weighted by atomic mass is 19.4. The second-order valence-electron chi connectivity index (χ2n) is 6.79. The number of hydrogen-bond donors (Lipinski definition) is 0. The van der Waals surface area contributed by atoms with Crippen molar-refractivity contribution in [1.82, 2.24) is 9.88 Å². The number of halogens is 4. The summed E-state index contributed by atoms with van der Waals surface area (Å²) in [7, 11) is 0. The second kappa shape index (κ2) is 7.43. The fourth-order valence-corrected chi connectivity index (χ4v) is 3.32. The number of carbonyl (C=O) groups is 2. The van der Waals surface area contributed by atoms with Crippen molar-refractivity contribution in [3.8, 4) is 0 Å². The Bertz CT molecular complexity index is 1140. The molecule has 0 fully saturated rings. The number of ether oxygens (including phenoxy) is 1. The van der Waals surface area contributed by atoms with Gasteiger partial charge in [-0.15, -0.1) is 0 Å². The molecule has 30 heavy (non-hydrogen) atoms. The fourth-order valence-electron chi connectivity index (χ4n) is 3.32. The van der Waals surface area contributed by atoms with Gasteiger partial charge in [-0.2, -0.15) is 13.2 Å². The van der Waals surface area contributed by atoms with E-state index in [4.69, 9.17) is 4.42 Å². The van der Waals surface area contributed by atoms with E-state index in [0.29, 0.717) is 18.5 Å². The summed E-state index contributed by atoms with van der Waals surface area (Å²) >= 11 is 0. The van der Waals surface area contributed by atoms with Crippen molar-refractivity contribution in [2.75, 3.05) is 13.2 Å². The van der Waals surface area contributed by atoms with Crippen LogP contribution in [0.25, 0.3) is 11.0 Å². The Balaban J connectivity index is 1.60. The molecule has 156 valence electrons. The predicted octanol–water partition coefficient (Wildman–Crippen LogP) is 3.88. The number of esters is 1. The van der Waals surface area contributed by atoms with Gasteiger partial charge in [0, 0.05) is 24.3 Å². The summed E-state index contributed by atoms with van der Waals surface area (Å²) < 4.78 is 60.6. The number of nitrogens with zero attached hydrogens (tertiary/aromatic N) is 2. The molecule has 0 atom stereocenters. The van der Waals surface area contributed by atoms with Crippen molar-refractivity contribution in [3.05, 3.63) is 64.9 Å². The van der Waals surface area contributed by atoms with E-state index in [1.54, 1.807) is 12.3 Å². The molecule has 0 saturated carbocycles. The molecular formula is C20H14F4N2O4. The van der Waals surface area contributed by atoms with E-state index in [0.717, 1.165) is 17.7 Å². The van der Waals surface area contributed by atoms with Crippen molar-refractivity contribution in [1.29, 1.82) is 0 Å². The van der Waals surface area contributed by atoms with E-state index in [-0.39, 0.29) is 29.2 Å². The van der Waals surface area contributed by atoms with Gasteiger partial charge in [0.2, 0.25) is 0 Å². The van der Waals surface area contributed by atoms with Crippen molar-refractivity contribution < 1.29 is 36.3 Å². The molecule has 0 spiro atoms. The van der Waals surface area contributed by atoms with E-state index >= 15 is 0 Å². The van der Waals surface area contributed by atoms with Crippen LogP contribution in [0.4, 0.5) is 17.6 Å². The minimum atomic E-state index is -4.71. The molecule has 0 unspecified atom stereocenters. The minimum Gasteiger partial charge on any atom is -0.458 e. The Kier molecular flexibility index (Phi) is 4.92. The molecule has 1 aromatic carbocycles. The number of rotatable bonds is 4. The summed E-state index contributed by atoms with van der Waals surface area (Å²) in [6.07, 6.45) is -1.01. The van der Waals surface area contributed by atoms with Gasteiger partial charge in [-0.1, -0.05) is 0 Å². The Hall–Kier alpha value is -3.43. The summed E-state index contributed by atoms with van der Waals surface area (Å²) in [5.74, 6) is -2.18. The van der Waals surface area contributed by atoms with Gasteiger partial charge in [-0.3, -0.25) is 9.78 Å².